The van der Waals surface area contributed by atoms with Crippen LogP contribution < -0.4 is 0 Å². The van der Waals surface area contributed by atoms with Crippen LogP contribution in [0.25, 0.3) is 0 Å². The van der Waals surface area contributed by atoms with Crippen molar-refractivity contribution in [3.8, 4) is 0 Å². The number of rotatable bonds is 9. The molecule has 4 nitrogen and oxygen atoms in total. The monoisotopic (exact) mass is 294 g/mol. The van der Waals surface area contributed by atoms with Crippen molar-refractivity contribution < 1.29 is 19.1 Å². The van der Waals surface area contributed by atoms with Crippen LogP contribution in [0.4, 0.5) is 0 Å². The molecule has 0 saturated heterocycles. The van der Waals surface area contributed by atoms with E-state index in [9.17, 15) is 9.59 Å². The zero-order valence-corrected chi connectivity index (χ0v) is 13.3. The van der Waals surface area contributed by atoms with Gasteiger partial charge in [-0.05, 0) is 18.8 Å². The summed E-state index contributed by atoms with van der Waals surface area (Å²) in [7, 11) is 0. The molecule has 0 radical (unpaired) electrons. The van der Waals surface area contributed by atoms with Gasteiger partial charge in [0.25, 0.3) is 0 Å². The highest BCUT2D eigenvalue weighted by Crippen LogP contribution is 2.27. The van der Waals surface area contributed by atoms with Crippen molar-refractivity contribution in [1.82, 2.24) is 0 Å². The van der Waals surface area contributed by atoms with Crippen LogP contribution in [0.15, 0.2) is 24.0 Å². The summed E-state index contributed by atoms with van der Waals surface area (Å²) >= 11 is 0. The number of ether oxygens (including phenoxy) is 2. The first-order valence-corrected chi connectivity index (χ1v) is 7.69. The quantitative estimate of drug-likeness (QED) is 0.280. The second kappa shape index (κ2) is 8.65. The third kappa shape index (κ3) is 7.11. The summed E-state index contributed by atoms with van der Waals surface area (Å²) < 4.78 is 10.7. The fourth-order valence-electron chi connectivity index (χ4n) is 2.28. The van der Waals surface area contributed by atoms with Gasteiger partial charge in [-0.25, -0.2) is 4.79 Å². The highest BCUT2D eigenvalue weighted by atomic mass is 16.7. The Kier molecular flexibility index (Phi) is 7.20. The number of allylic oxidation sites excluding steroid dienone is 3. The van der Waals surface area contributed by atoms with Crippen LogP contribution in [0.3, 0.4) is 0 Å². The number of aldehydes is 1. The number of hydrogen-bond acceptors (Lipinski definition) is 4. The predicted molar refractivity (Wildman–Crippen MR) is 81.4 cm³/mol. The van der Waals surface area contributed by atoms with Gasteiger partial charge in [0, 0.05) is 26.7 Å². The van der Waals surface area contributed by atoms with E-state index in [4.69, 9.17) is 9.47 Å². The lowest BCUT2D eigenvalue weighted by Gasteiger charge is -2.31. The van der Waals surface area contributed by atoms with Crippen LogP contribution in [0, 0.1) is 5.92 Å². The molecule has 0 spiro atoms. The van der Waals surface area contributed by atoms with Crippen molar-refractivity contribution >= 4 is 12.3 Å². The average Bonchev–Trinajstić information content (AvgIpc) is 2.36. The van der Waals surface area contributed by atoms with Gasteiger partial charge in [0.1, 0.15) is 12.0 Å². The van der Waals surface area contributed by atoms with Crippen molar-refractivity contribution in [3.05, 3.63) is 24.0 Å². The summed E-state index contributed by atoms with van der Waals surface area (Å²) in [4.78, 5) is 22.3. The molecule has 0 amide bonds. The van der Waals surface area contributed by atoms with Gasteiger partial charge in [-0.3, -0.25) is 0 Å². The van der Waals surface area contributed by atoms with Gasteiger partial charge in [0.15, 0.2) is 0 Å². The first kappa shape index (κ1) is 17.5. The topological polar surface area (TPSA) is 52.6 Å². The molecule has 4 heteroatoms. The maximum absolute atomic E-state index is 11.5. The molecule has 1 unspecified atom stereocenters. The molecular formula is C17H26O4. The standard InChI is InChI=1S/C17H26O4/c1-4-5-6-7-8-9-14(10-11-18)12-15-13-16(19)21-17(2,3)20-15/h8-9,11,13-14H,4-7,10,12H2,1-3H3/b9-8-. The molecule has 0 aliphatic carbocycles. The van der Waals surface area contributed by atoms with Gasteiger partial charge >= 0.3 is 5.97 Å². The van der Waals surface area contributed by atoms with E-state index in [1.165, 1.54) is 25.3 Å². The van der Waals surface area contributed by atoms with Crippen LogP contribution in [-0.2, 0) is 19.1 Å². The molecule has 0 saturated carbocycles. The lowest BCUT2D eigenvalue weighted by molar-refractivity contribution is -0.206. The Bertz CT molecular complexity index is 407. The molecule has 1 heterocycles. The molecule has 0 fully saturated rings. The molecule has 1 aliphatic heterocycles. The molecule has 1 aliphatic rings. The van der Waals surface area contributed by atoms with E-state index in [0.717, 1.165) is 12.7 Å². The molecule has 0 N–H and O–H groups in total. The van der Waals surface area contributed by atoms with Crippen molar-refractivity contribution in [2.45, 2.75) is 65.1 Å². The zero-order chi connectivity index (χ0) is 15.7. The second-order valence-electron chi connectivity index (χ2n) is 5.82. The summed E-state index contributed by atoms with van der Waals surface area (Å²) in [5.74, 6) is -0.672. The number of unbranched alkanes of at least 4 members (excludes halogenated alkanes) is 3. The van der Waals surface area contributed by atoms with Gasteiger partial charge in [-0.15, -0.1) is 0 Å². The maximum atomic E-state index is 11.5. The van der Waals surface area contributed by atoms with Gasteiger partial charge in [-0.1, -0.05) is 31.9 Å². The Labute approximate surface area is 127 Å². The van der Waals surface area contributed by atoms with Crippen LogP contribution in [-0.4, -0.2) is 18.0 Å². The van der Waals surface area contributed by atoms with Crippen molar-refractivity contribution in [2.24, 2.45) is 5.92 Å². The van der Waals surface area contributed by atoms with E-state index >= 15 is 0 Å². The van der Waals surface area contributed by atoms with E-state index in [1.807, 2.05) is 0 Å². The van der Waals surface area contributed by atoms with E-state index in [1.54, 1.807) is 13.8 Å². The Morgan fingerprint density at radius 3 is 2.67 bits per heavy atom. The van der Waals surface area contributed by atoms with Crippen molar-refractivity contribution in [3.63, 3.8) is 0 Å². The highest BCUT2D eigenvalue weighted by Gasteiger charge is 2.30. The summed E-state index contributed by atoms with van der Waals surface area (Å²) in [6.45, 7) is 5.58. The van der Waals surface area contributed by atoms with Crippen LogP contribution in [0.2, 0.25) is 0 Å². The molecule has 21 heavy (non-hydrogen) atoms. The Balaban J connectivity index is 2.57. The molecule has 1 rings (SSSR count). The molecule has 0 aromatic rings. The largest absolute Gasteiger partial charge is 0.457 e. The summed E-state index contributed by atoms with van der Waals surface area (Å²) in [6, 6.07) is 0. The molecule has 1 atom stereocenters. The van der Waals surface area contributed by atoms with Gasteiger partial charge in [0.2, 0.25) is 5.79 Å². The van der Waals surface area contributed by atoms with E-state index in [2.05, 4.69) is 19.1 Å². The predicted octanol–water partition coefficient (Wildman–Crippen LogP) is 3.91. The third-order valence-electron chi connectivity index (χ3n) is 3.25. The van der Waals surface area contributed by atoms with Crippen molar-refractivity contribution in [1.29, 1.82) is 0 Å². The maximum Gasteiger partial charge on any atom is 0.337 e. The zero-order valence-electron chi connectivity index (χ0n) is 13.3. The van der Waals surface area contributed by atoms with Gasteiger partial charge < -0.3 is 14.3 Å². The van der Waals surface area contributed by atoms with Gasteiger partial charge in [-0.2, -0.15) is 0 Å². The molecule has 0 bridgehead atoms. The number of cyclic esters (lactones) is 1. The lowest BCUT2D eigenvalue weighted by atomic mass is 9.99. The molecular weight excluding hydrogens is 268 g/mol. The third-order valence-corrected chi connectivity index (χ3v) is 3.25. The first-order chi connectivity index (χ1) is 9.96. The number of carbonyl (C=O) groups is 2. The van der Waals surface area contributed by atoms with E-state index in [0.29, 0.717) is 18.6 Å². The number of hydrogen-bond donors (Lipinski definition) is 0. The molecule has 118 valence electrons. The second-order valence-corrected chi connectivity index (χ2v) is 5.82. The van der Waals surface area contributed by atoms with E-state index in [-0.39, 0.29) is 5.92 Å². The van der Waals surface area contributed by atoms with Crippen LogP contribution >= 0.6 is 0 Å². The lowest BCUT2D eigenvalue weighted by Crippen LogP contribution is -2.34. The Morgan fingerprint density at radius 1 is 1.29 bits per heavy atom. The van der Waals surface area contributed by atoms with E-state index < -0.39 is 11.8 Å². The Hall–Kier alpha value is -1.58. The minimum atomic E-state index is -0.933. The molecule has 0 aromatic carbocycles. The van der Waals surface area contributed by atoms with Crippen LogP contribution in [0.1, 0.15) is 59.3 Å². The smallest absolute Gasteiger partial charge is 0.337 e. The van der Waals surface area contributed by atoms with Crippen LogP contribution in [0.5, 0.6) is 0 Å². The molecule has 0 aromatic heterocycles. The average molecular weight is 294 g/mol. The fraction of sp³-hybridized carbons (Fsp3) is 0.647. The first-order valence-electron chi connectivity index (χ1n) is 7.69. The fourth-order valence-corrected chi connectivity index (χ4v) is 2.28. The summed E-state index contributed by atoms with van der Waals surface area (Å²) in [6.07, 6.45) is 12.0. The van der Waals surface area contributed by atoms with Crippen molar-refractivity contribution in [2.75, 3.05) is 0 Å². The number of carbonyl (C=O) groups excluding carboxylic acids is 2. The normalized spacial score (nSPS) is 18.8. The highest BCUT2D eigenvalue weighted by molar-refractivity contribution is 5.83. The van der Waals surface area contributed by atoms with Gasteiger partial charge in [0.05, 0.1) is 6.08 Å². The summed E-state index contributed by atoms with van der Waals surface area (Å²) in [5, 5.41) is 0. The Morgan fingerprint density at radius 2 is 2.05 bits per heavy atom. The minimum absolute atomic E-state index is 0.0667. The minimum Gasteiger partial charge on any atom is -0.457 e. The summed E-state index contributed by atoms with van der Waals surface area (Å²) in [5.41, 5.74) is 0. The number of esters is 1. The SMILES string of the molecule is CCCCC/C=C\C(CC=O)CC1=CC(=O)OC(C)(C)O1.